The summed E-state index contributed by atoms with van der Waals surface area (Å²) in [5.41, 5.74) is 7.59. The SMILES string of the molecule is Nc1cccc(CCC(=O)N(CCO)C2CCCCC2)c1. The van der Waals surface area contributed by atoms with Crippen LogP contribution in [0.15, 0.2) is 24.3 Å². The number of aliphatic hydroxyl groups excluding tert-OH is 1. The highest BCUT2D eigenvalue weighted by Gasteiger charge is 2.24. The average molecular weight is 290 g/mol. The summed E-state index contributed by atoms with van der Waals surface area (Å²) < 4.78 is 0. The number of rotatable bonds is 6. The highest BCUT2D eigenvalue weighted by atomic mass is 16.3. The van der Waals surface area contributed by atoms with Crippen LogP contribution in [-0.2, 0) is 11.2 Å². The molecule has 116 valence electrons. The summed E-state index contributed by atoms with van der Waals surface area (Å²) in [6.07, 6.45) is 6.98. The number of nitrogens with zero attached hydrogens (tertiary/aromatic N) is 1. The van der Waals surface area contributed by atoms with Gasteiger partial charge in [-0.2, -0.15) is 0 Å². The van der Waals surface area contributed by atoms with E-state index in [1.807, 2.05) is 29.2 Å². The zero-order chi connectivity index (χ0) is 15.1. The monoisotopic (exact) mass is 290 g/mol. The second kappa shape index (κ2) is 8.03. The van der Waals surface area contributed by atoms with Crippen molar-refractivity contribution in [2.24, 2.45) is 0 Å². The Hall–Kier alpha value is -1.55. The van der Waals surface area contributed by atoms with Gasteiger partial charge in [0.1, 0.15) is 0 Å². The van der Waals surface area contributed by atoms with Crippen molar-refractivity contribution in [3.8, 4) is 0 Å². The fourth-order valence-electron chi connectivity index (χ4n) is 3.15. The predicted molar refractivity (Wildman–Crippen MR) is 84.8 cm³/mol. The molecule has 3 N–H and O–H groups in total. The summed E-state index contributed by atoms with van der Waals surface area (Å²) in [5.74, 6) is 0.151. The number of benzene rings is 1. The van der Waals surface area contributed by atoms with Crippen LogP contribution < -0.4 is 5.73 Å². The molecule has 0 unspecified atom stereocenters. The van der Waals surface area contributed by atoms with Crippen molar-refractivity contribution < 1.29 is 9.90 Å². The van der Waals surface area contributed by atoms with E-state index in [1.54, 1.807) is 0 Å². The van der Waals surface area contributed by atoms with Gasteiger partial charge in [-0.1, -0.05) is 31.4 Å². The Morgan fingerprint density at radius 1 is 1.29 bits per heavy atom. The minimum absolute atomic E-state index is 0.0422. The number of amides is 1. The van der Waals surface area contributed by atoms with Gasteiger partial charge in [-0.3, -0.25) is 4.79 Å². The van der Waals surface area contributed by atoms with E-state index < -0.39 is 0 Å². The van der Waals surface area contributed by atoms with Crippen LogP contribution in [0.4, 0.5) is 5.69 Å². The molecule has 1 aliphatic carbocycles. The number of carbonyl (C=O) groups is 1. The molecule has 0 aliphatic heterocycles. The predicted octanol–water partition coefficient (Wildman–Crippen LogP) is 2.36. The second-order valence-corrected chi connectivity index (χ2v) is 5.85. The number of hydrogen-bond acceptors (Lipinski definition) is 3. The molecule has 1 aromatic rings. The third kappa shape index (κ3) is 4.74. The first-order valence-electron chi connectivity index (χ1n) is 7.95. The molecule has 1 aromatic carbocycles. The summed E-state index contributed by atoms with van der Waals surface area (Å²) in [7, 11) is 0. The van der Waals surface area contributed by atoms with E-state index in [0.29, 0.717) is 25.4 Å². The van der Waals surface area contributed by atoms with E-state index in [4.69, 9.17) is 5.73 Å². The number of aryl methyl sites for hydroxylation is 1. The third-order valence-corrected chi connectivity index (χ3v) is 4.26. The van der Waals surface area contributed by atoms with Crippen molar-refractivity contribution in [3.05, 3.63) is 29.8 Å². The van der Waals surface area contributed by atoms with Crippen molar-refractivity contribution in [3.63, 3.8) is 0 Å². The molecule has 4 heteroatoms. The van der Waals surface area contributed by atoms with Gasteiger partial charge in [0.05, 0.1) is 6.61 Å². The van der Waals surface area contributed by atoms with E-state index in [2.05, 4.69) is 0 Å². The van der Waals surface area contributed by atoms with Gasteiger partial charge in [0.2, 0.25) is 5.91 Å². The van der Waals surface area contributed by atoms with Crippen LogP contribution in [-0.4, -0.2) is 35.1 Å². The molecule has 0 saturated heterocycles. The Kier molecular flexibility index (Phi) is 6.05. The van der Waals surface area contributed by atoms with Crippen LogP contribution in [0.1, 0.15) is 44.1 Å². The maximum Gasteiger partial charge on any atom is 0.223 e. The summed E-state index contributed by atoms with van der Waals surface area (Å²) in [4.78, 5) is 14.4. The fraction of sp³-hybridized carbons (Fsp3) is 0.588. The topological polar surface area (TPSA) is 66.6 Å². The molecule has 1 amide bonds. The lowest BCUT2D eigenvalue weighted by atomic mass is 9.93. The molecule has 1 saturated carbocycles. The molecule has 0 bridgehead atoms. The zero-order valence-corrected chi connectivity index (χ0v) is 12.6. The Bertz CT molecular complexity index is 456. The molecule has 0 heterocycles. The largest absolute Gasteiger partial charge is 0.399 e. The van der Waals surface area contributed by atoms with Gasteiger partial charge in [-0.05, 0) is 37.0 Å². The standard InChI is InChI=1S/C17H26N2O2/c18-15-6-4-5-14(13-15)9-10-17(21)19(11-12-20)16-7-2-1-3-8-16/h4-6,13,16,20H,1-3,7-12,18H2. The maximum absolute atomic E-state index is 12.5. The minimum Gasteiger partial charge on any atom is -0.399 e. The van der Waals surface area contributed by atoms with Crippen LogP contribution in [0.3, 0.4) is 0 Å². The molecular weight excluding hydrogens is 264 g/mol. The molecule has 0 spiro atoms. The van der Waals surface area contributed by atoms with Gasteiger partial charge >= 0.3 is 0 Å². The van der Waals surface area contributed by atoms with Gasteiger partial charge in [-0.15, -0.1) is 0 Å². The lowest BCUT2D eigenvalue weighted by molar-refractivity contribution is -0.134. The molecule has 1 fully saturated rings. The second-order valence-electron chi connectivity index (χ2n) is 5.85. The van der Waals surface area contributed by atoms with Crippen LogP contribution in [0.2, 0.25) is 0 Å². The van der Waals surface area contributed by atoms with Gasteiger partial charge in [0.25, 0.3) is 0 Å². The number of anilines is 1. The minimum atomic E-state index is 0.0422. The van der Waals surface area contributed by atoms with E-state index in [9.17, 15) is 9.90 Å². The van der Waals surface area contributed by atoms with E-state index in [1.165, 1.54) is 19.3 Å². The number of hydrogen-bond donors (Lipinski definition) is 2. The number of nitrogens with two attached hydrogens (primary N) is 1. The maximum atomic E-state index is 12.5. The van der Waals surface area contributed by atoms with E-state index in [0.717, 1.165) is 24.1 Å². The van der Waals surface area contributed by atoms with E-state index >= 15 is 0 Å². The van der Waals surface area contributed by atoms with Gasteiger partial charge < -0.3 is 15.7 Å². The van der Waals surface area contributed by atoms with Crippen LogP contribution in [0.25, 0.3) is 0 Å². The van der Waals surface area contributed by atoms with Crippen molar-refractivity contribution >= 4 is 11.6 Å². The highest BCUT2D eigenvalue weighted by Crippen LogP contribution is 2.23. The smallest absolute Gasteiger partial charge is 0.223 e. The number of aliphatic hydroxyl groups is 1. The van der Waals surface area contributed by atoms with Crippen LogP contribution in [0, 0.1) is 0 Å². The van der Waals surface area contributed by atoms with Gasteiger partial charge in [0, 0.05) is 24.7 Å². The normalized spacial score (nSPS) is 15.9. The van der Waals surface area contributed by atoms with E-state index in [-0.39, 0.29) is 12.5 Å². The van der Waals surface area contributed by atoms with Crippen molar-refractivity contribution in [2.45, 2.75) is 51.0 Å². The molecule has 2 rings (SSSR count). The van der Waals surface area contributed by atoms with Crippen molar-refractivity contribution in [2.75, 3.05) is 18.9 Å². The Balaban J connectivity index is 1.91. The lowest BCUT2D eigenvalue weighted by Gasteiger charge is -2.34. The Morgan fingerprint density at radius 3 is 2.71 bits per heavy atom. The average Bonchev–Trinajstić information content (AvgIpc) is 2.51. The fourth-order valence-corrected chi connectivity index (χ4v) is 3.15. The first-order valence-corrected chi connectivity index (χ1v) is 7.95. The van der Waals surface area contributed by atoms with Crippen molar-refractivity contribution in [1.82, 2.24) is 4.90 Å². The van der Waals surface area contributed by atoms with Crippen LogP contribution in [0.5, 0.6) is 0 Å². The summed E-state index contributed by atoms with van der Waals surface area (Å²) >= 11 is 0. The van der Waals surface area contributed by atoms with Crippen LogP contribution >= 0.6 is 0 Å². The summed E-state index contributed by atoms with van der Waals surface area (Å²) in [6.45, 7) is 0.501. The Labute approximate surface area is 126 Å². The number of carbonyl (C=O) groups excluding carboxylic acids is 1. The molecule has 1 aliphatic rings. The molecule has 0 radical (unpaired) electrons. The van der Waals surface area contributed by atoms with Gasteiger partial charge in [0.15, 0.2) is 0 Å². The Morgan fingerprint density at radius 2 is 2.05 bits per heavy atom. The zero-order valence-electron chi connectivity index (χ0n) is 12.6. The van der Waals surface area contributed by atoms with Crippen molar-refractivity contribution in [1.29, 1.82) is 0 Å². The first kappa shape index (κ1) is 15.8. The molecule has 4 nitrogen and oxygen atoms in total. The molecule has 0 aromatic heterocycles. The highest BCUT2D eigenvalue weighted by molar-refractivity contribution is 5.76. The molecule has 0 atom stereocenters. The van der Waals surface area contributed by atoms with Gasteiger partial charge in [-0.25, -0.2) is 0 Å². The summed E-state index contributed by atoms with van der Waals surface area (Å²) in [5, 5.41) is 9.23. The molecular formula is C17H26N2O2. The summed E-state index contributed by atoms with van der Waals surface area (Å²) in [6, 6.07) is 8.01. The molecule has 21 heavy (non-hydrogen) atoms. The first-order chi connectivity index (χ1) is 10.2. The third-order valence-electron chi connectivity index (χ3n) is 4.26. The quantitative estimate of drug-likeness (QED) is 0.790. The number of nitrogen functional groups attached to an aromatic ring is 1. The lowest BCUT2D eigenvalue weighted by Crippen LogP contribution is -2.43.